The van der Waals surface area contributed by atoms with Crippen molar-refractivity contribution in [2.24, 2.45) is 20.6 Å². The average Bonchev–Trinajstić information content (AvgIpc) is 3.20. The summed E-state index contributed by atoms with van der Waals surface area (Å²) < 4.78 is 1.86. The third kappa shape index (κ3) is 3.06. The van der Waals surface area contributed by atoms with Crippen LogP contribution in [-0.2, 0) is 5.66 Å². The Morgan fingerprint density at radius 1 is 0.920 bits per heavy atom. The van der Waals surface area contributed by atoms with Crippen molar-refractivity contribution < 1.29 is 21.7 Å². The number of aliphatic imine (C=N–C) groups is 1. The Morgan fingerprint density at radius 3 is 1.96 bits per heavy atom. The van der Waals surface area contributed by atoms with E-state index in [1.807, 2.05) is 41.1 Å². The van der Waals surface area contributed by atoms with Crippen molar-refractivity contribution in [1.29, 1.82) is 0 Å². The molecule has 0 spiro atoms. The molecule has 0 N–H and O–H groups in total. The Morgan fingerprint density at radius 2 is 1.48 bits per heavy atom. The first-order valence-electron chi connectivity index (χ1n) is 7.89. The van der Waals surface area contributed by atoms with Gasteiger partial charge in [-0.15, -0.1) is 4.99 Å². The van der Waals surface area contributed by atoms with Gasteiger partial charge in [-0.05, 0) is 30.7 Å². The van der Waals surface area contributed by atoms with Gasteiger partial charge in [0.25, 0.3) is 5.66 Å². The fraction of sp³-hybridized carbons (Fsp3) is 0.278. The molecule has 0 unspecified atom stereocenters. The lowest BCUT2D eigenvalue weighted by Gasteiger charge is -2.24. The minimum Gasteiger partial charge on any atom is -1.00 e. The molecule has 128 valence electrons. The van der Waals surface area contributed by atoms with E-state index in [2.05, 4.69) is 53.7 Å². The molecular weight excluding hydrogens is 398 g/mol. The van der Waals surface area contributed by atoms with Gasteiger partial charge in [-0.3, -0.25) is 0 Å². The summed E-state index contributed by atoms with van der Waals surface area (Å²) >= 11 is 1.70. The van der Waals surface area contributed by atoms with E-state index in [0.717, 1.165) is 22.0 Å². The summed E-state index contributed by atoms with van der Waals surface area (Å²) in [6, 6.07) is 20.3. The SMILES string of the molecule is CC1(C)CSC([N+]2=NN=NC2(c2ccccc2)c2ccccc2)=N1.[Br-]. The molecular formula is C18H18BrN5S. The summed E-state index contributed by atoms with van der Waals surface area (Å²) in [5.74, 6) is 0.925. The van der Waals surface area contributed by atoms with E-state index in [9.17, 15) is 0 Å². The van der Waals surface area contributed by atoms with Crippen molar-refractivity contribution in [1.82, 2.24) is 0 Å². The lowest BCUT2D eigenvalue weighted by atomic mass is 9.92. The molecule has 0 saturated heterocycles. The molecule has 7 heteroatoms. The molecule has 2 aliphatic rings. The molecule has 2 heterocycles. The maximum atomic E-state index is 4.84. The van der Waals surface area contributed by atoms with Crippen LogP contribution in [0.2, 0.25) is 0 Å². The van der Waals surface area contributed by atoms with Crippen molar-refractivity contribution in [3.05, 3.63) is 71.8 Å². The number of halogens is 1. The summed E-state index contributed by atoms with van der Waals surface area (Å²) in [6.07, 6.45) is 0. The normalized spacial score (nSPS) is 19.9. The molecule has 2 aromatic carbocycles. The van der Waals surface area contributed by atoms with Crippen LogP contribution in [0.1, 0.15) is 25.0 Å². The number of nitrogens with zero attached hydrogens (tertiary/aromatic N) is 5. The minimum atomic E-state index is -0.797. The van der Waals surface area contributed by atoms with Crippen LogP contribution in [0, 0.1) is 0 Å². The van der Waals surface area contributed by atoms with Crippen LogP contribution >= 0.6 is 11.8 Å². The molecule has 0 aliphatic carbocycles. The van der Waals surface area contributed by atoms with Crippen molar-refractivity contribution in [2.45, 2.75) is 25.0 Å². The van der Waals surface area contributed by atoms with Gasteiger partial charge in [0.1, 0.15) is 10.8 Å². The fourth-order valence-electron chi connectivity index (χ4n) is 2.95. The van der Waals surface area contributed by atoms with Crippen LogP contribution < -0.4 is 17.0 Å². The third-order valence-corrected chi connectivity index (χ3v) is 5.49. The Hall–Kier alpha value is -1.86. The topological polar surface area (TPSA) is 52.4 Å². The molecule has 25 heavy (non-hydrogen) atoms. The fourth-order valence-corrected chi connectivity index (χ4v) is 4.10. The van der Waals surface area contributed by atoms with Gasteiger partial charge < -0.3 is 17.0 Å². The molecule has 0 amide bonds. The van der Waals surface area contributed by atoms with Crippen LogP contribution in [0.5, 0.6) is 0 Å². The van der Waals surface area contributed by atoms with Crippen LogP contribution in [0.4, 0.5) is 0 Å². The van der Waals surface area contributed by atoms with Crippen LogP contribution in [0.25, 0.3) is 0 Å². The number of hydrogen-bond donors (Lipinski definition) is 0. The third-order valence-electron chi connectivity index (χ3n) is 4.11. The molecule has 2 aromatic rings. The highest BCUT2D eigenvalue weighted by molar-refractivity contribution is 8.13. The van der Waals surface area contributed by atoms with Crippen LogP contribution in [0.15, 0.2) is 81.2 Å². The van der Waals surface area contributed by atoms with Crippen LogP contribution in [-0.4, -0.2) is 21.2 Å². The minimum absolute atomic E-state index is 0. The number of rotatable bonds is 2. The van der Waals surface area contributed by atoms with Gasteiger partial charge in [-0.2, -0.15) is 0 Å². The predicted molar refractivity (Wildman–Crippen MR) is 95.2 cm³/mol. The molecule has 4 rings (SSSR count). The van der Waals surface area contributed by atoms with Crippen molar-refractivity contribution in [2.75, 3.05) is 5.75 Å². The van der Waals surface area contributed by atoms with Gasteiger partial charge in [0.2, 0.25) is 0 Å². The Kier molecular flexibility index (Phi) is 4.88. The highest BCUT2D eigenvalue weighted by Gasteiger charge is 2.52. The Labute approximate surface area is 161 Å². The quantitative estimate of drug-likeness (QED) is 0.687. The standard InChI is InChI=1S/C18H18N5S.BrH/c1-17(2)13-24-16(19-17)23-18(20-21-22-23,14-9-5-3-6-10-14)15-11-7-4-8-12-15;/h3-12H,13H2,1-2H3;1H/q+1;/p-1. The zero-order chi connectivity index (χ0) is 16.6. The van der Waals surface area contributed by atoms with Gasteiger partial charge in [0, 0.05) is 16.9 Å². The molecule has 5 nitrogen and oxygen atoms in total. The molecule has 0 fully saturated rings. The molecule has 0 bridgehead atoms. The Bertz CT molecular complexity index is 807. The van der Waals surface area contributed by atoms with Crippen molar-refractivity contribution >= 4 is 16.9 Å². The summed E-state index contributed by atoms with van der Waals surface area (Å²) in [5, 5.41) is 13.8. The predicted octanol–water partition coefficient (Wildman–Crippen LogP) is 1.62. The van der Waals surface area contributed by atoms with E-state index < -0.39 is 5.66 Å². The molecule has 0 atom stereocenters. The number of amidine groups is 1. The van der Waals surface area contributed by atoms with Gasteiger partial charge >= 0.3 is 5.17 Å². The molecule has 0 aromatic heterocycles. The molecule has 2 aliphatic heterocycles. The monoisotopic (exact) mass is 415 g/mol. The number of thioether (sulfide) groups is 1. The first-order valence-corrected chi connectivity index (χ1v) is 8.87. The largest absolute Gasteiger partial charge is 1.00 e. The summed E-state index contributed by atoms with van der Waals surface area (Å²) in [6.45, 7) is 4.26. The van der Waals surface area contributed by atoms with Gasteiger partial charge in [0.05, 0.1) is 5.22 Å². The lowest BCUT2D eigenvalue weighted by molar-refractivity contribution is -0.549. The zero-order valence-corrected chi connectivity index (χ0v) is 16.4. The van der Waals surface area contributed by atoms with Crippen molar-refractivity contribution in [3.8, 4) is 0 Å². The van der Waals surface area contributed by atoms with E-state index in [1.54, 1.807) is 11.8 Å². The second-order valence-electron chi connectivity index (χ2n) is 6.49. The summed E-state index contributed by atoms with van der Waals surface area (Å²) in [7, 11) is 0. The second kappa shape index (κ2) is 6.80. The maximum absolute atomic E-state index is 4.84. The highest BCUT2D eigenvalue weighted by atomic mass is 79.9. The first-order chi connectivity index (χ1) is 11.6. The highest BCUT2D eigenvalue weighted by Crippen LogP contribution is 2.42. The van der Waals surface area contributed by atoms with Gasteiger partial charge in [0.15, 0.2) is 0 Å². The van der Waals surface area contributed by atoms with Crippen molar-refractivity contribution in [3.63, 3.8) is 0 Å². The second-order valence-corrected chi connectivity index (χ2v) is 7.43. The number of benzene rings is 2. The van der Waals surface area contributed by atoms with E-state index in [-0.39, 0.29) is 22.5 Å². The van der Waals surface area contributed by atoms with Gasteiger partial charge in [-0.1, -0.05) is 65.4 Å². The lowest BCUT2D eigenvalue weighted by Crippen LogP contribution is -3.00. The maximum Gasteiger partial charge on any atom is 0.316 e. The van der Waals surface area contributed by atoms with Gasteiger partial charge in [-0.25, -0.2) is 0 Å². The smallest absolute Gasteiger partial charge is 0.316 e. The van der Waals surface area contributed by atoms with E-state index >= 15 is 0 Å². The molecule has 0 radical (unpaired) electrons. The van der Waals surface area contributed by atoms with Crippen LogP contribution in [0.3, 0.4) is 0 Å². The average molecular weight is 416 g/mol. The Balaban J connectivity index is 0.00000182. The summed E-state index contributed by atoms with van der Waals surface area (Å²) in [5.41, 5.74) is 1.15. The number of hydrogen-bond acceptors (Lipinski definition) is 5. The van der Waals surface area contributed by atoms with E-state index in [0.29, 0.717) is 0 Å². The van der Waals surface area contributed by atoms with E-state index in [4.69, 9.17) is 4.99 Å². The molecule has 0 saturated carbocycles. The zero-order valence-electron chi connectivity index (χ0n) is 14.0. The first kappa shape index (κ1) is 17.9. The van der Waals surface area contributed by atoms with E-state index in [1.165, 1.54) is 0 Å². The summed E-state index contributed by atoms with van der Waals surface area (Å²) in [4.78, 5) is 4.84.